The minimum absolute atomic E-state index is 0.0146. The number of methoxy groups -OCH3 is 1. The van der Waals surface area contributed by atoms with Crippen LogP contribution < -0.4 is 5.32 Å². The van der Waals surface area contributed by atoms with Crippen molar-refractivity contribution in [2.24, 2.45) is 0 Å². The maximum Gasteiger partial charge on any atom is 0.410 e. The number of hydrogen-bond donors (Lipinski definition) is 2. The highest BCUT2D eigenvalue weighted by Crippen LogP contribution is 2.26. The van der Waals surface area contributed by atoms with E-state index in [-0.39, 0.29) is 6.42 Å². The number of nitrogens with zero attached hydrogens (tertiary/aromatic N) is 1. The molecule has 0 aromatic carbocycles. The first-order valence-electron chi connectivity index (χ1n) is 7.11. The Bertz CT molecular complexity index is 372. The Morgan fingerprint density at radius 2 is 1.95 bits per heavy atom. The van der Waals surface area contributed by atoms with Crippen molar-refractivity contribution in [3.05, 3.63) is 0 Å². The highest BCUT2D eigenvalue weighted by atomic mass is 16.6. The molecular weight excluding hydrogens is 276 g/mol. The van der Waals surface area contributed by atoms with Gasteiger partial charge in [0.25, 0.3) is 0 Å². The monoisotopic (exact) mass is 302 g/mol. The summed E-state index contributed by atoms with van der Waals surface area (Å²) in [5.74, 6) is -0.877. The van der Waals surface area contributed by atoms with Gasteiger partial charge in [-0.05, 0) is 33.7 Å². The topological polar surface area (TPSA) is 88.1 Å². The van der Waals surface area contributed by atoms with E-state index in [0.717, 1.165) is 6.42 Å². The molecule has 0 aliphatic carbocycles. The fourth-order valence-corrected chi connectivity index (χ4v) is 2.29. The molecular formula is C14H26N2O5. The van der Waals surface area contributed by atoms with Crippen LogP contribution in [0.4, 0.5) is 4.79 Å². The van der Waals surface area contributed by atoms with Gasteiger partial charge in [0.1, 0.15) is 5.60 Å². The van der Waals surface area contributed by atoms with Crippen molar-refractivity contribution in [1.82, 2.24) is 10.2 Å². The number of rotatable bonds is 7. The minimum Gasteiger partial charge on any atom is -0.481 e. The van der Waals surface area contributed by atoms with Gasteiger partial charge < -0.3 is 24.8 Å². The molecule has 0 atom stereocenters. The molecule has 1 rings (SSSR count). The maximum atomic E-state index is 11.9. The molecule has 0 unspecified atom stereocenters. The zero-order valence-electron chi connectivity index (χ0n) is 13.3. The van der Waals surface area contributed by atoms with Crippen molar-refractivity contribution in [2.75, 3.05) is 33.4 Å². The van der Waals surface area contributed by atoms with Gasteiger partial charge in [-0.25, -0.2) is 4.79 Å². The van der Waals surface area contributed by atoms with E-state index in [1.54, 1.807) is 27.9 Å². The van der Waals surface area contributed by atoms with E-state index in [2.05, 4.69) is 5.32 Å². The van der Waals surface area contributed by atoms with Crippen LogP contribution in [0.2, 0.25) is 0 Å². The molecule has 2 N–H and O–H groups in total. The highest BCUT2D eigenvalue weighted by molar-refractivity contribution is 5.73. The van der Waals surface area contributed by atoms with Crippen molar-refractivity contribution >= 4 is 12.1 Å². The summed E-state index contributed by atoms with van der Waals surface area (Å²) in [5.41, 5.74) is -1.11. The number of amides is 1. The van der Waals surface area contributed by atoms with Crippen LogP contribution in [0.1, 0.15) is 33.6 Å². The van der Waals surface area contributed by atoms with E-state index in [0.29, 0.717) is 26.2 Å². The number of aliphatic carboxylic acids is 1. The predicted octanol–water partition coefficient (Wildman–Crippen LogP) is 1.08. The summed E-state index contributed by atoms with van der Waals surface area (Å²) in [6.07, 6.45) is 0.381. The van der Waals surface area contributed by atoms with Crippen LogP contribution in [0.3, 0.4) is 0 Å². The minimum atomic E-state index is -0.877. The molecule has 7 heteroatoms. The lowest BCUT2D eigenvalue weighted by molar-refractivity contribution is -0.141. The second kappa shape index (κ2) is 7.09. The third-order valence-corrected chi connectivity index (χ3v) is 3.15. The largest absolute Gasteiger partial charge is 0.481 e. The molecule has 0 saturated carbocycles. The van der Waals surface area contributed by atoms with E-state index < -0.39 is 23.2 Å². The number of hydrogen-bond acceptors (Lipinski definition) is 5. The van der Waals surface area contributed by atoms with Crippen LogP contribution in [0.15, 0.2) is 0 Å². The predicted molar refractivity (Wildman–Crippen MR) is 77.3 cm³/mol. The third kappa shape index (κ3) is 5.89. The number of carbonyl (C=O) groups is 2. The molecule has 1 aliphatic rings. The molecule has 0 bridgehead atoms. The molecule has 21 heavy (non-hydrogen) atoms. The molecule has 0 aromatic rings. The zero-order valence-corrected chi connectivity index (χ0v) is 13.3. The molecule has 1 heterocycles. The number of carboxylic acids is 1. The molecule has 1 fully saturated rings. The van der Waals surface area contributed by atoms with Crippen LogP contribution in [-0.2, 0) is 14.3 Å². The van der Waals surface area contributed by atoms with E-state index in [9.17, 15) is 9.59 Å². The first kappa shape index (κ1) is 17.7. The summed E-state index contributed by atoms with van der Waals surface area (Å²) < 4.78 is 10.2. The van der Waals surface area contributed by atoms with Gasteiger partial charge >= 0.3 is 12.1 Å². The fraction of sp³-hybridized carbons (Fsp3) is 0.857. The van der Waals surface area contributed by atoms with Crippen LogP contribution >= 0.6 is 0 Å². The summed E-state index contributed by atoms with van der Waals surface area (Å²) in [7, 11) is 1.63. The summed E-state index contributed by atoms with van der Waals surface area (Å²) in [5, 5.41) is 12.3. The summed E-state index contributed by atoms with van der Waals surface area (Å²) in [4.78, 5) is 24.4. The van der Waals surface area contributed by atoms with Crippen LogP contribution in [0, 0.1) is 0 Å². The standard InChI is InChI=1S/C14H26N2O5/c1-13(2,3)21-12(19)16-9-14(10-16,8-11(17)18)15-6-5-7-20-4/h15H,5-10H2,1-4H3,(H,17,18). The normalized spacial score (nSPS) is 17.2. The summed E-state index contributed by atoms with van der Waals surface area (Å²) >= 11 is 0. The van der Waals surface area contributed by atoms with Crippen molar-refractivity contribution in [3.63, 3.8) is 0 Å². The number of likely N-dealkylation sites (tertiary alicyclic amines) is 1. The lowest BCUT2D eigenvalue weighted by Gasteiger charge is -2.49. The molecule has 1 amide bonds. The third-order valence-electron chi connectivity index (χ3n) is 3.15. The van der Waals surface area contributed by atoms with Gasteiger partial charge in [-0.15, -0.1) is 0 Å². The molecule has 1 saturated heterocycles. The number of carboxylic acid groups (broad SMARTS) is 1. The molecule has 7 nitrogen and oxygen atoms in total. The molecule has 1 aliphatic heterocycles. The van der Waals surface area contributed by atoms with Crippen molar-refractivity contribution in [1.29, 1.82) is 0 Å². The Morgan fingerprint density at radius 3 is 2.43 bits per heavy atom. The van der Waals surface area contributed by atoms with Crippen molar-refractivity contribution < 1.29 is 24.2 Å². The van der Waals surface area contributed by atoms with Gasteiger partial charge in [-0.1, -0.05) is 0 Å². The average molecular weight is 302 g/mol. The van der Waals surface area contributed by atoms with E-state index in [4.69, 9.17) is 14.6 Å². The van der Waals surface area contributed by atoms with Crippen LogP contribution in [0.25, 0.3) is 0 Å². The second-order valence-corrected chi connectivity index (χ2v) is 6.46. The Kier molecular flexibility index (Phi) is 5.98. The first-order chi connectivity index (χ1) is 9.67. The average Bonchev–Trinajstić information content (AvgIpc) is 2.27. The van der Waals surface area contributed by atoms with E-state index >= 15 is 0 Å². The number of ether oxygens (including phenoxy) is 2. The molecule has 0 aromatic heterocycles. The van der Waals surface area contributed by atoms with Gasteiger partial charge in [-0.2, -0.15) is 0 Å². The summed E-state index contributed by atoms with van der Waals surface area (Å²) in [6, 6.07) is 0. The second-order valence-electron chi connectivity index (χ2n) is 6.46. The van der Waals surface area contributed by atoms with E-state index in [1.807, 2.05) is 0 Å². The Hall–Kier alpha value is -1.34. The van der Waals surface area contributed by atoms with Crippen molar-refractivity contribution in [3.8, 4) is 0 Å². The summed E-state index contributed by atoms with van der Waals surface area (Å²) in [6.45, 7) is 7.38. The Balaban J connectivity index is 2.49. The molecule has 0 radical (unpaired) electrons. The van der Waals surface area contributed by atoms with Crippen LogP contribution in [0.5, 0.6) is 0 Å². The molecule has 122 valence electrons. The fourth-order valence-electron chi connectivity index (χ4n) is 2.29. The maximum absolute atomic E-state index is 11.9. The SMILES string of the molecule is COCCCNC1(CC(=O)O)CN(C(=O)OC(C)(C)C)C1. The highest BCUT2D eigenvalue weighted by Gasteiger charge is 2.47. The molecule has 0 spiro atoms. The first-order valence-corrected chi connectivity index (χ1v) is 7.11. The zero-order chi connectivity index (χ0) is 16.1. The number of carbonyl (C=O) groups excluding carboxylic acids is 1. The lowest BCUT2D eigenvalue weighted by atomic mass is 9.86. The van der Waals surface area contributed by atoms with Gasteiger partial charge in [0.2, 0.25) is 0 Å². The lowest BCUT2D eigenvalue weighted by Crippen LogP contribution is -2.71. The van der Waals surface area contributed by atoms with Gasteiger partial charge in [0.15, 0.2) is 0 Å². The van der Waals surface area contributed by atoms with Gasteiger partial charge in [0.05, 0.1) is 12.0 Å². The number of nitrogens with one attached hydrogen (secondary N) is 1. The van der Waals surface area contributed by atoms with Crippen molar-refractivity contribution in [2.45, 2.75) is 44.8 Å². The van der Waals surface area contributed by atoms with Gasteiger partial charge in [0, 0.05) is 26.8 Å². The Morgan fingerprint density at radius 1 is 1.33 bits per heavy atom. The quantitative estimate of drug-likeness (QED) is 0.684. The van der Waals surface area contributed by atoms with Gasteiger partial charge in [-0.3, -0.25) is 4.79 Å². The smallest absolute Gasteiger partial charge is 0.410 e. The van der Waals surface area contributed by atoms with Crippen LogP contribution in [-0.4, -0.2) is 66.6 Å². The van der Waals surface area contributed by atoms with E-state index in [1.165, 1.54) is 4.90 Å². The Labute approximate surface area is 125 Å².